The number of nitrogens with one attached hydrogen (secondary N) is 1. The smallest absolute Gasteiger partial charge is 0.343 e. The van der Waals surface area contributed by atoms with Crippen molar-refractivity contribution in [2.45, 2.75) is 6.61 Å². The molecule has 5 nitrogen and oxygen atoms in total. The Labute approximate surface area is 104 Å². The summed E-state index contributed by atoms with van der Waals surface area (Å²) in [5, 5.41) is 6.06. The van der Waals surface area contributed by atoms with E-state index in [4.69, 9.17) is 4.74 Å². The molecule has 17 heavy (non-hydrogen) atoms. The van der Waals surface area contributed by atoms with Crippen molar-refractivity contribution in [3.05, 3.63) is 44.8 Å². The first-order valence-electron chi connectivity index (χ1n) is 4.76. The number of hydrogen-bond acceptors (Lipinski definition) is 3. The first-order valence-corrected chi connectivity index (χ1v) is 5.55. The van der Waals surface area contributed by atoms with Gasteiger partial charge in [0.25, 0.3) is 0 Å². The highest BCUT2D eigenvalue weighted by atomic mass is 79.9. The van der Waals surface area contributed by atoms with Crippen LogP contribution in [0, 0.1) is 5.82 Å². The van der Waals surface area contributed by atoms with Gasteiger partial charge in [0.05, 0.1) is 4.47 Å². The van der Waals surface area contributed by atoms with Gasteiger partial charge in [0.15, 0.2) is 5.82 Å². The van der Waals surface area contributed by atoms with Crippen molar-refractivity contribution in [3.8, 4) is 5.75 Å². The quantitative estimate of drug-likeness (QED) is 0.936. The first kappa shape index (κ1) is 11.8. The molecular weight excluding hydrogens is 293 g/mol. The van der Waals surface area contributed by atoms with Crippen molar-refractivity contribution < 1.29 is 9.13 Å². The maximum atomic E-state index is 13.2. The summed E-state index contributed by atoms with van der Waals surface area (Å²) >= 11 is 3.05. The standard InChI is InChI=1S/C10H9BrFN3O2/c1-15-9(13-14-10(15)16)5-17-6-2-3-7(11)8(12)4-6/h2-4H,5H2,1H3,(H,14,16). The Morgan fingerprint density at radius 1 is 1.59 bits per heavy atom. The Hall–Kier alpha value is -1.63. The van der Waals surface area contributed by atoms with Crippen molar-refractivity contribution in [1.82, 2.24) is 14.8 Å². The van der Waals surface area contributed by atoms with Gasteiger partial charge in [-0.05, 0) is 28.1 Å². The van der Waals surface area contributed by atoms with Crippen LogP contribution in [0.4, 0.5) is 4.39 Å². The summed E-state index contributed by atoms with van der Waals surface area (Å²) in [6.07, 6.45) is 0. The SMILES string of the molecule is Cn1c(COc2ccc(Br)c(F)c2)n[nH]c1=O. The summed E-state index contributed by atoms with van der Waals surface area (Å²) in [7, 11) is 1.58. The third-order valence-electron chi connectivity index (χ3n) is 2.23. The normalized spacial score (nSPS) is 10.5. The number of aromatic amines is 1. The van der Waals surface area contributed by atoms with Crippen LogP contribution in [0.3, 0.4) is 0 Å². The highest BCUT2D eigenvalue weighted by Crippen LogP contribution is 2.21. The zero-order valence-corrected chi connectivity index (χ0v) is 10.5. The average molecular weight is 302 g/mol. The molecule has 90 valence electrons. The van der Waals surface area contributed by atoms with Gasteiger partial charge in [-0.25, -0.2) is 14.3 Å². The van der Waals surface area contributed by atoms with Crippen molar-refractivity contribution in [1.29, 1.82) is 0 Å². The van der Waals surface area contributed by atoms with E-state index in [1.807, 2.05) is 0 Å². The summed E-state index contributed by atoms with van der Waals surface area (Å²) < 4.78 is 20.2. The molecule has 0 aliphatic carbocycles. The van der Waals surface area contributed by atoms with E-state index in [2.05, 4.69) is 26.1 Å². The second-order valence-electron chi connectivity index (χ2n) is 3.37. The van der Waals surface area contributed by atoms with Gasteiger partial charge in [-0.2, -0.15) is 5.10 Å². The van der Waals surface area contributed by atoms with Gasteiger partial charge in [-0.15, -0.1) is 0 Å². The lowest BCUT2D eigenvalue weighted by Crippen LogP contribution is -2.15. The van der Waals surface area contributed by atoms with Gasteiger partial charge in [0.2, 0.25) is 0 Å². The van der Waals surface area contributed by atoms with Crippen LogP contribution < -0.4 is 10.4 Å². The average Bonchev–Trinajstić information content (AvgIpc) is 2.62. The van der Waals surface area contributed by atoms with Gasteiger partial charge >= 0.3 is 5.69 Å². The minimum atomic E-state index is -0.404. The Morgan fingerprint density at radius 3 is 2.94 bits per heavy atom. The fourth-order valence-electron chi connectivity index (χ4n) is 1.22. The van der Waals surface area contributed by atoms with Gasteiger partial charge in [0.1, 0.15) is 18.2 Å². The molecule has 2 aromatic rings. The Bertz CT molecular complexity index is 593. The minimum absolute atomic E-state index is 0.0936. The summed E-state index contributed by atoms with van der Waals surface area (Å²) in [6, 6.07) is 4.43. The molecule has 0 spiro atoms. The Morgan fingerprint density at radius 2 is 2.35 bits per heavy atom. The van der Waals surface area contributed by atoms with Crippen LogP contribution in [-0.2, 0) is 13.7 Å². The molecule has 0 aliphatic heterocycles. The van der Waals surface area contributed by atoms with Crippen LogP contribution >= 0.6 is 15.9 Å². The highest BCUT2D eigenvalue weighted by Gasteiger charge is 2.06. The van der Waals surface area contributed by atoms with Crippen LogP contribution in [0.15, 0.2) is 27.5 Å². The second kappa shape index (κ2) is 4.70. The molecule has 0 amide bonds. The van der Waals surface area contributed by atoms with Crippen LogP contribution in [0.25, 0.3) is 0 Å². The molecule has 2 rings (SSSR count). The number of hydrogen-bond donors (Lipinski definition) is 1. The van der Waals surface area contributed by atoms with Crippen molar-refractivity contribution in [2.24, 2.45) is 7.05 Å². The number of ether oxygens (including phenoxy) is 1. The zero-order chi connectivity index (χ0) is 12.4. The summed E-state index contributed by atoms with van der Waals surface area (Å²) in [5.74, 6) is 0.415. The molecule has 0 unspecified atom stereocenters. The molecule has 0 fully saturated rings. The molecule has 0 radical (unpaired) electrons. The molecular formula is C10H9BrFN3O2. The number of H-pyrrole nitrogens is 1. The number of nitrogens with zero attached hydrogens (tertiary/aromatic N) is 2. The fraction of sp³-hybridized carbons (Fsp3) is 0.200. The van der Waals surface area contributed by atoms with E-state index in [0.29, 0.717) is 16.0 Å². The fourth-order valence-corrected chi connectivity index (χ4v) is 1.47. The summed E-state index contributed by atoms with van der Waals surface area (Å²) in [6.45, 7) is 0.0936. The molecule has 0 bridgehead atoms. The molecule has 0 atom stereocenters. The van der Waals surface area contributed by atoms with Gasteiger partial charge in [0, 0.05) is 13.1 Å². The third kappa shape index (κ3) is 2.55. The monoisotopic (exact) mass is 301 g/mol. The molecule has 1 N–H and O–H groups in total. The molecule has 1 aromatic carbocycles. The van der Waals surface area contributed by atoms with E-state index in [9.17, 15) is 9.18 Å². The number of aromatic nitrogens is 3. The number of benzene rings is 1. The lowest BCUT2D eigenvalue weighted by Gasteiger charge is -2.05. The van der Waals surface area contributed by atoms with E-state index in [1.165, 1.54) is 10.6 Å². The largest absolute Gasteiger partial charge is 0.485 e. The maximum Gasteiger partial charge on any atom is 0.343 e. The van der Waals surface area contributed by atoms with Crippen molar-refractivity contribution in [3.63, 3.8) is 0 Å². The zero-order valence-electron chi connectivity index (χ0n) is 8.91. The van der Waals surface area contributed by atoms with Crippen LogP contribution in [-0.4, -0.2) is 14.8 Å². The van der Waals surface area contributed by atoms with E-state index >= 15 is 0 Å². The number of halogens is 2. The van der Waals surface area contributed by atoms with E-state index < -0.39 is 5.82 Å². The van der Waals surface area contributed by atoms with Crippen molar-refractivity contribution >= 4 is 15.9 Å². The second-order valence-corrected chi connectivity index (χ2v) is 4.22. The van der Waals surface area contributed by atoms with Crippen molar-refractivity contribution in [2.75, 3.05) is 0 Å². The van der Waals surface area contributed by atoms with Gasteiger partial charge in [-0.1, -0.05) is 0 Å². The molecule has 1 aromatic heterocycles. The predicted octanol–water partition coefficient (Wildman–Crippen LogP) is 1.59. The van der Waals surface area contributed by atoms with Crippen LogP contribution in [0.2, 0.25) is 0 Å². The van der Waals surface area contributed by atoms with Crippen LogP contribution in [0.5, 0.6) is 5.75 Å². The summed E-state index contributed by atoms with van der Waals surface area (Å²) in [4.78, 5) is 11.1. The molecule has 7 heteroatoms. The topological polar surface area (TPSA) is 59.9 Å². The lowest BCUT2D eigenvalue weighted by molar-refractivity contribution is 0.289. The molecule has 0 aliphatic rings. The lowest BCUT2D eigenvalue weighted by atomic mass is 10.3. The van der Waals surface area contributed by atoms with Gasteiger partial charge in [-0.3, -0.25) is 4.57 Å². The maximum absolute atomic E-state index is 13.2. The van der Waals surface area contributed by atoms with E-state index in [1.54, 1.807) is 19.2 Å². The highest BCUT2D eigenvalue weighted by molar-refractivity contribution is 9.10. The minimum Gasteiger partial charge on any atom is -0.485 e. The van der Waals surface area contributed by atoms with E-state index in [0.717, 1.165) is 0 Å². The molecule has 1 heterocycles. The third-order valence-corrected chi connectivity index (χ3v) is 2.87. The number of rotatable bonds is 3. The Kier molecular flexibility index (Phi) is 3.28. The van der Waals surface area contributed by atoms with E-state index in [-0.39, 0.29) is 12.3 Å². The predicted molar refractivity (Wildman–Crippen MR) is 62.3 cm³/mol. The van der Waals surface area contributed by atoms with Crippen LogP contribution in [0.1, 0.15) is 5.82 Å². The summed E-state index contributed by atoms with van der Waals surface area (Å²) in [5.41, 5.74) is -0.314. The Balaban J connectivity index is 2.10. The molecule has 0 saturated heterocycles. The first-order chi connectivity index (χ1) is 8.08. The van der Waals surface area contributed by atoms with Gasteiger partial charge < -0.3 is 4.74 Å². The molecule has 0 saturated carbocycles.